The fourth-order valence-electron chi connectivity index (χ4n) is 2.96. The van der Waals surface area contributed by atoms with Gasteiger partial charge in [-0.2, -0.15) is 0 Å². The molecule has 0 fully saturated rings. The Morgan fingerprint density at radius 2 is 1.80 bits per heavy atom. The van der Waals surface area contributed by atoms with E-state index in [-0.39, 0.29) is 12.3 Å². The number of carbonyl (C=O) groups excluding carboxylic acids is 1. The highest BCUT2D eigenvalue weighted by atomic mass is 16.4. The molecule has 0 bridgehead atoms. The van der Waals surface area contributed by atoms with E-state index in [0.29, 0.717) is 25.2 Å². The summed E-state index contributed by atoms with van der Waals surface area (Å²) in [5.41, 5.74) is 2.50. The molecule has 5 heteroatoms. The predicted octanol–water partition coefficient (Wildman–Crippen LogP) is 3.08. The number of hydrogen-bond donors (Lipinski definition) is 0. The van der Waals surface area contributed by atoms with Gasteiger partial charge in [0.25, 0.3) is 0 Å². The Hall–Kier alpha value is -2.82. The van der Waals surface area contributed by atoms with Crippen LogP contribution in [0.4, 0.5) is 0 Å². The minimum Gasteiger partial charge on any atom is -0.408 e. The van der Waals surface area contributed by atoms with E-state index in [9.17, 15) is 9.59 Å². The molecule has 130 valence electrons. The second-order valence-corrected chi connectivity index (χ2v) is 5.95. The number of nitrogens with zero attached hydrogens (tertiary/aromatic N) is 2. The molecule has 1 aromatic heterocycles. The number of amides is 1. The van der Waals surface area contributed by atoms with Crippen LogP contribution in [0.2, 0.25) is 0 Å². The zero-order valence-electron chi connectivity index (χ0n) is 14.4. The largest absolute Gasteiger partial charge is 0.419 e. The Labute approximate surface area is 146 Å². The molecule has 3 rings (SSSR count). The van der Waals surface area contributed by atoms with Crippen LogP contribution >= 0.6 is 0 Å². The fourth-order valence-corrected chi connectivity index (χ4v) is 2.96. The van der Waals surface area contributed by atoms with Crippen LogP contribution in [0.1, 0.15) is 18.9 Å². The van der Waals surface area contributed by atoms with Crippen molar-refractivity contribution in [3.63, 3.8) is 0 Å². The highest BCUT2D eigenvalue weighted by Gasteiger charge is 2.14. The molecule has 0 aliphatic rings. The number of aryl methyl sites for hydroxylation is 1. The molecule has 0 aliphatic carbocycles. The third-order valence-electron chi connectivity index (χ3n) is 4.37. The van der Waals surface area contributed by atoms with Gasteiger partial charge in [-0.1, -0.05) is 42.5 Å². The van der Waals surface area contributed by atoms with Gasteiger partial charge in [0.15, 0.2) is 5.58 Å². The molecule has 0 radical (unpaired) electrons. The van der Waals surface area contributed by atoms with E-state index in [0.717, 1.165) is 11.9 Å². The number of benzene rings is 2. The van der Waals surface area contributed by atoms with Gasteiger partial charge in [-0.05, 0) is 31.0 Å². The molecule has 0 saturated heterocycles. The standard InChI is InChI=1S/C20H22N2O3/c1-2-21(14-12-16-8-4-3-5-9-16)19(23)13-15-22-17-10-6-7-11-18(17)25-20(22)24/h3-11H,2,12-15H2,1H3. The lowest BCUT2D eigenvalue weighted by Crippen LogP contribution is -2.33. The van der Waals surface area contributed by atoms with E-state index in [1.807, 2.05) is 48.2 Å². The van der Waals surface area contributed by atoms with E-state index in [4.69, 9.17) is 4.42 Å². The first kappa shape index (κ1) is 17.0. The summed E-state index contributed by atoms with van der Waals surface area (Å²) in [4.78, 5) is 26.3. The summed E-state index contributed by atoms with van der Waals surface area (Å²) >= 11 is 0. The second kappa shape index (κ2) is 7.83. The van der Waals surface area contributed by atoms with Crippen molar-refractivity contribution < 1.29 is 9.21 Å². The topological polar surface area (TPSA) is 55.5 Å². The van der Waals surface area contributed by atoms with Crippen LogP contribution in [0, 0.1) is 0 Å². The van der Waals surface area contributed by atoms with Gasteiger partial charge in [0.05, 0.1) is 5.52 Å². The lowest BCUT2D eigenvalue weighted by molar-refractivity contribution is -0.131. The van der Waals surface area contributed by atoms with E-state index >= 15 is 0 Å². The molecule has 0 spiro atoms. The van der Waals surface area contributed by atoms with E-state index in [1.165, 1.54) is 10.1 Å². The van der Waals surface area contributed by atoms with Crippen molar-refractivity contribution >= 4 is 17.0 Å². The van der Waals surface area contributed by atoms with Gasteiger partial charge in [-0.25, -0.2) is 4.79 Å². The average molecular weight is 338 g/mol. The number of carbonyl (C=O) groups is 1. The van der Waals surface area contributed by atoms with Crippen LogP contribution in [-0.2, 0) is 17.8 Å². The summed E-state index contributed by atoms with van der Waals surface area (Å²) in [7, 11) is 0. The van der Waals surface area contributed by atoms with Gasteiger partial charge >= 0.3 is 5.76 Å². The lowest BCUT2D eigenvalue weighted by atomic mass is 10.1. The predicted molar refractivity (Wildman–Crippen MR) is 97.5 cm³/mol. The molecule has 1 amide bonds. The molecular formula is C20H22N2O3. The maximum Gasteiger partial charge on any atom is 0.419 e. The van der Waals surface area contributed by atoms with Crippen LogP contribution in [0.25, 0.3) is 11.1 Å². The Kier molecular flexibility index (Phi) is 5.33. The maximum atomic E-state index is 12.5. The van der Waals surface area contributed by atoms with Gasteiger partial charge in [0.1, 0.15) is 0 Å². The average Bonchev–Trinajstić information content (AvgIpc) is 2.96. The summed E-state index contributed by atoms with van der Waals surface area (Å²) in [6.45, 7) is 3.64. The van der Waals surface area contributed by atoms with Crippen molar-refractivity contribution in [2.24, 2.45) is 0 Å². The van der Waals surface area contributed by atoms with E-state index in [1.54, 1.807) is 6.07 Å². The van der Waals surface area contributed by atoms with Gasteiger partial charge in [0, 0.05) is 26.1 Å². The van der Waals surface area contributed by atoms with Gasteiger partial charge in [0.2, 0.25) is 5.91 Å². The molecule has 0 unspecified atom stereocenters. The number of aromatic nitrogens is 1. The maximum absolute atomic E-state index is 12.5. The molecule has 1 heterocycles. The van der Waals surface area contributed by atoms with Gasteiger partial charge in [-0.15, -0.1) is 0 Å². The Bertz CT molecular complexity index is 896. The zero-order chi connectivity index (χ0) is 17.6. The first-order chi connectivity index (χ1) is 12.2. The molecule has 0 atom stereocenters. The molecular weight excluding hydrogens is 316 g/mol. The highest BCUT2D eigenvalue weighted by molar-refractivity contribution is 5.77. The van der Waals surface area contributed by atoms with E-state index < -0.39 is 5.76 Å². The van der Waals surface area contributed by atoms with Gasteiger partial charge < -0.3 is 9.32 Å². The summed E-state index contributed by atoms with van der Waals surface area (Å²) in [6.07, 6.45) is 1.11. The number of likely N-dealkylation sites (N-methyl/N-ethyl adjacent to an activating group) is 1. The normalized spacial score (nSPS) is 10.9. The van der Waals surface area contributed by atoms with Crippen molar-refractivity contribution in [1.82, 2.24) is 9.47 Å². The van der Waals surface area contributed by atoms with Crippen molar-refractivity contribution in [3.8, 4) is 0 Å². The number of oxazole rings is 1. The number of fused-ring (bicyclic) bond motifs is 1. The minimum atomic E-state index is -0.415. The zero-order valence-corrected chi connectivity index (χ0v) is 14.4. The summed E-state index contributed by atoms with van der Waals surface area (Å²) < 4.78 is 6.73. The van der Waals surface area contributed by atoms with Crippen LogP contribution in [-0.4, -0.2) is 28.5 Å². The molecule has 0 saturated carbocycles. The smallest absolute Gasteiger partial charge is 0.408 e. The lowest BCUT2D eigenvalue weighted by Gasteiger charge is -2.21. The highest BCUT2D eigenvalue weighted by Crippen LogP contribution is 2.12. The van der Waals surface area contributed by atoms with Crippen LogP contribution < -0.4 is 5.76 Å². The molecule has 5 nitrogen and oxygen atoms in total. The van der Waals surface area contributed by atoms with Crippen molar-refractivity contribution in [1.29, 1.82) is 0 Å². The Morgan fingerprint density at radius 1 is 1.08 bits per heavy atom. The molecule has 3 aromatic rings. The van der Waals surface area contributed by atoms with Crippen molar-refractivity contribution in [2.45, 2.75) is 26.3 Å². The summed E-state index contributed by atoms with van der Waals surface area (Å²) in [5.74, 6) is -0.364. The SMILES string of the molecule is CCN(CCc1ccccc1)C(=O)CCn1c(=O)oc2ccccc21. The first-order valence-corrected chi connectivity index (χ1v) is 8.59. The first-order valence-electron chi connectivity index (χ1n) is 8.59. The number of para-hydroxylation sites is 2. The molecule has 0 N–H and O–H groups in total. The Balaban J connectivity index is 1.62. The fraction of sp³-hybridized carbons (Fsp3) is 0.300. The number of hydrogen-bond acceptors (Lipinski definition) is 3. The second-order valence-electron chi connectivity index (χ2n) is 5.95. The molecule has 25 heavy (non-hydrogen) atoms. The van der Waals surface area contributed by atoms with Crippen molar-refractivity contribution in [2.75, 3.05) is 13.1 Å². The van der Waals surface area contributed by atoms with E-state index in [2.05, 4.69) is 12.1 Å². The summed E-state index contributed by atoms with van der Waals surface area (Å²) in [5, 5.41) is 0. The van der Waals surface area contributed by atoms with Crippen LogP contribution in [0.5, 0.6) is 0 Å². The van der Waals surface area contributed by atoms with Crippen molar-refractivity contribution in [3.05, 3.63) is 70.7 Å². The monoisotopic (exact) mass is 338 g/mol. The van der Waals surface area contributed by atoms with Gasteiger partial charge in [-0.3, -0.25) is 9.36 Å². The molecule has 0 aliphatic heterocycles. The third-order valence-corrected chi connectivity index (χ3v) is 4.37. The third kappa shape index (κ3) is 3.99. The summed E-state index contributed by atoms with van der Waals surface area (Å²) in [6, 6.07) is 17.4. The quantitative estimate of drug-likeness (QED) is 0.665. The van der Waals surface area contributed by atoms with Crippen LogP contribution in [0.15, 0.2) is 63.8 Å². The Morgan fingerprint density at radius 3 is 2.56 bits per heavy atom. The van der Waals surface area contributed by atoms with Crippen LogP contribution in [0.3, 0.4) is 0 Å². The minimum absolute atomic E-state index is 0.0515. The molecule has 2 aromatic carbocycles. The number of rotatable bonds is 7.